The van der Waals surface area contributed by atoms with Gasteiger partial charge >= 0.3 is 0 Å². The molecule has 1 aromatic heterocycles. The number of hydrogen-bond acceptors (Lipinski definition) is 3. The van der Waals surface area contributed by atoms with E-state index >= 15 is 0 Å². The lowest BCUT2D eigenvalue weighted by molar-refractivity contribution is -0.117. The zero-order chi connectivity index (χ0) is 14.1. The van der Waals surface area contributed by atoms with Crippen molar-refractivity contribution in [3.63, 3.8) is 0 Å². The van der Waals surface area contributed by atoms with Crippen molar-refractivity contribution in [3.8, 4) is 0 Å². The largest absolute Gasteiger partial charge is 0.456 e. The van der Waals surface area contributed by atoms with Gasteiger partial charge in [0.05, 0.1) is 6.04 Å². The van der Waals surface area contributed by atoms with Crippen LogP contribution in [0.15, 0.2) is 46.9 Å². The van der Waals surface area contributed by atoms with Crippen LogP contribution in [0.5, 0.6) is 0 Å². The molecule has 1 amide bonds. The summed E-state index contributed by atoms with van der Waals surface area (Å²) >= 11 is 0. The number of furan rings is 1. The number of amides is 1. The van der Waals surface area contributed by atoms with Crippen LogP contribution in [0.4, 0.5) is 5.69 Å². The predicted molar refractivity (Wildman–Crippen MR) is 80.6 cm³/mol. The number of rotatable bonds is 3. The van der Waals surface area contributed by atoms with Crippen molar-refractivity contribution in [2.45, 2.75) is 19.4 Å². The van der Waals surface area contributed by atoms with Crippen LogP contribution in [0.1, 0.15) is 13.3 Å². The Morgan fingerprint density at radius 1 is 1.20 bits per heavy atom. The van der Waals surface area contributed by atoms with E-state index in [9.17, 15) is 4.79 Å². The second kappa shape index (κ2) is 4.98. The Labute approximate surface area is 116 Å². The molecule has 0 aliphatic heterocycles. The maximum Gasteiger partial charge on any atom is 0.241 e. The van der Waals surface area contributed by atoms with E-state index in [1.807, 2.05) is 49.4 Å². The molecule has 0 aliphatic carbocycles. The number of nitrogens with two attached hydrogens (primary N) is 1. The van der Waals surface area contributed by atoms with Gasteiger partial charge in [-0.15, -0.1) is 0 Å². The molecule has 3 rings (SSSR count). The highest BCUT2D eigenvalue weighted by Crippen LogP contribution is 2.30. The van der Waals surface area contributed by atoms with Crippen LogP contribution < -0.4 is 11.1 Å². The normalized spacial score (nSPS) is 12.7. The highest BCUT2D eigenvalue weighted by atomic mass is 16.3. The zero-order valence-corrected chi connectivity index (χ0v) is 11.2. The topological polar surface area (TPSA) is 68.3 Å². The number of hydrogen-bond donors (Lipinski definition) is 2. The van der Waals surface area contributed by atoms with Crippen molar-refractivity contribution in [1.29, 1.82) is 0 Å². The zero-order valence-electron chi connectivity index (χ0n) is 11.2. The molecule has 102 valence electrons. The summed E-state index contributed by atoms with van der Waals surface area (Å²) in [4.78, 5) is 11.8. The molecule has 0 radical (unpaired) electrons. The van der Waals surface area contributed by atoms with Crippen LogP contribution in [0.25, 0.3) is 21.9 Å². The molecule has 2 aromatic carbocycles. The summed E-state index contributed by atoms with van der Waals surface area (Å²) in [5.41, 5.74) is 8.10. The second-order valence-corrected chi connectivity index (χ2v) is 4.81. The molecule has 0 fully saturated rings. The van der Waals surface area contributed by atoms with E-state index < -0.39 is 6.04 Å². The van der Waals surface area contributed by atoms with E-state index in [1.54, 1.807) is 0 Å². The summed E-state index contributed by atoms with van der Waals surface area (Å²) in [6.45, 7) is 1.89. The molecule has 1 unspecified atom stereocenters. The minimum absolute atomic E-state index is 0.167. The highest BCUT2D eigenvalue weighted by Gasteiger charge is 2.12. The number of fused-ring (bicyclic) bond motifs is 3. The fourth-order valence-electron chi connectivity index (χ4n) is 2.22. The molecule has 1 heterocycles. The fourth-order valence-corrected chi connectivity index (χ4v) is 2.22. The summed E-state index contributed by atoms with van der Waals surface area (Å²) in [7, 11) is 0. The Morgan fingerprint density at radius 3 is 2.75 bits per heavy atom. The number of anilines is 1. The molecular weight excluding hydrogens is 252 g/mol. The number of benzene rings is 2. The standard InChI is InChI=1S/C16H16N2O2/c1-2-13(17)16(19)18-10-7-8-15-12(9-10)11-5-3-4-6-14(11)20-15/h3-9,13H,2,17H2,1H3,(H,18,19). The first-order chi connectivity index (χ1) is 9.69. The van der Waals surface area contributed by atoms with Crippen LogP contribution >= 0.6 is 0 Å². The van der Waals surface area contributed by atoms with Gasteiger partial charge in [-0.05, 0) is 30.7 Å². The maximum atomic E-state index is 11.8. The Kier molecular flexibility index (Phi) is 3.16. The minimum atomic E-state index is -0.480. The third-order valence-corrected chi connectivity index (χ3v) is 3.42. The first-order valence-electron chi connectivity index (χ1n) is 6.67. The molecule has 3 N–H and O–H groups in total. The van der Waals surface area contributed by atoms with Crippen molar-refractivity contribution in [3.05, 3.63) is 42.5 Å². The Balaban J connectivity index is 2.01. The van der Waals surface area contributed by atoms with E-state index in [2.05, 4.69) is 5.32 Å². The van der Waals surface area contributed by atoms with E-state index in [0.717, 1.165) is 27.6 Å². The fraction of sp³-hybridized carbons (Fsp3) is 0.188. The van der Waals surface area contributed by atoms with Crippen LogP contribution in [0, 0.1) is 0 Å². The van der Waals surface area contributed by atoms with Gasteiger partial charge in [0.25, 0.3) is 0 Å². The van der Waals surface area contributed by atoms with Crippen LogP contribution in [0.2, 0.25) is 0 Å². The van der Waals surface area contributed by atoms with Gasteiger partial charge in [-0.3, -0.25) is 4.79 Å². The molecular formula is C16H16N2O2. The third kappa shape index (κ3) is 2.14. The quantitative estimate of drug-likeness (QED) is 0.766. The van der Waals surface area contributed by atoms with Gasteiger partial charge in [-0.2, -0.15) is 0 Å². The molecule has 20 heavy (non-hydrogen) atoms. The molecule has 1 atom stereocenters. The average Bonchev–Trinajstić information content (AvgIpc) is 2.84. The van der Waals surface area contributed by atoms with Gasteiger partial charge in [0.1, 0.15) is 11.2 Å². The number of carbonyl (C=O) groups is 1. The lowest BCUT2D eigenvalue weighted by atomic mass is 10.1. The summed E-state index contributed by atoms with van der Waals surface area (Å²) in [6, 6.07) is 13.0. The Morgan fingerprint density at radius 2 is 1.95 bits per heavy atom. The van der Waals surface area contributed by atoms with Crippen LogP contribution in [0.3, 0.4) is 0 Å². The van der Waals surface area contributed by atoms with Crippen molar-refractivity contribution in [2.75, 3.05) is 5.32 Å². The van der Waals surface area contributed by atoms with Crippen LogP contribution in [-0.4, -0.2) is 11.9 Å². The summed E-state index contributed by atoms with van der Waals surface area (Å²) in [6.07, 6.45) is 0.614. The predicted octanol–water partition coefficient (Wildman–Crippen LogP) is 3.26. The smallest absolute Gasteiger partial charge is 0.241 e. The lowest BCUT2D eigenvalue weighted by Gasteiger charge is -2.09. The SMILES string of the molecule is CCC(N)C(=O)Nc1ccc2oc3ccccc3c2c1. The van der Waals surface area contributed by atoms with Gasteiger partial charge in [0.2, 0.25) is 5.91 Å². The van der Waals surface area contributed by atoms with Gasteiger partial charge < -0.3 is 15.5 Å². The summed E-state index contributed by atoms with van der Waals surface area (Å²) < 4.78 is 5.74. The third-order valence-electron chi connectivity index (χ3n) is 3.42. The first-order valence-corrected chi connectivity index (χ1v) is 6.67. The second-order valence-electron chi connectivity index (χ2n) is 4.81. The monoisotopic (exact) mass is 268 g/mol. The number of para-hydroxylation sites is 1. The molecule has 0 saturated carbocycles. The highest BCUT2D eigenvalue weighted by molar-refractivity contribution is 6.07. The van der Waals surface area contributed by atoms with Gasteiger partial charge in [0, 0.05) is 16.5 Å². The molecule has 0 bridgehead atoms. The number of carbonyl (C=O) groups excluding carboxylic acids is 1. The molecule has 3 aromatic rings. The molecule has 4 heteroatoms. The minimum Gasteiger partial charge on any atom is -0.456 e. The van der Waals surface area contributed by atoms with Crippen molar-refractivity contribution < 1.29 is 9.21 Å². The lowest BCUT2D eigenvalue weighted by Crippen LogP contribution is -2.34. The Bertz CT molecular complexity index is 776. The first kappa shape index (κ1) is 12.7. The van der Waals surface area contributed by atoms with Gasteiger partial charge in [0.15, 0.2) is 0 Å². The molecule has 0 aliphatic rings. The average molecular weight is 268 g/mol. The molecule has 0 saturated heterocycles. The summed E-state index contributed by atoms with van der Waals surface area (Å²) in [5.74, 6) is -0.167. The van der Waals surface area contributed by atoms with E-state index in [-0.39, 0.29) is 5.91 Å². The Hall–Kier alpha value is -2.33. The maximum absolute atomic E-state index is 11.8. The molecule has 4 nitrogen and oxygen atoms in total. The van der Waals surface area contributed by atoms with E-state index in [4.69, 9.17) is 10.2 Å². The van der Waals surface area contributed by atoms with Crippen LogP contribution in [-0.2, 0) is 4.79 Å². The van der Waals surface area contributed by atoms with Crippen molar-refractivity contribution >= 4 is 33.5 Å². The van der Waals surface area contributed by atoms with Gasteiger partial charge in [-0.25, -0.2) is 0 Å². The molecule has 0 spiro atoms. The van der Waals surface area contributed by atoms with Gasteiger partial charge in [-0.1, -0.05) is 25.1 Å². The van der Waals surface area contributed by atoms with Crippen molar-refractivity contribution in [2.24, 2.45) is 5.73 Å². The summed E-state index contributed by atoms with van der Waals surface area (Å²) in [5, 5.41) is 4.86. The number of nitrogens with one attached hydrogen (secondary N) is 1. The van der Waals surface area contributed by atoms with E-state index in [0.29, 0.717) is 6.42 Å². The van der Waals surface area contributed by atoms with Crippen molar-refractivity contribution in [1.82, 2.24) is 0 Å². The van der Waals surface area contributed by atoms with E-state index in [1.165, 1.54) is 0 Å².